The van der Waals surface area contributed by atoms with Crippen molar-refractivity contribution in [3.63, 3.8) is 0 Å². The Balaban J connectivity index is 3.05. The van der Waals surface area contributed by atoms with Crippen LogP contribution in [-0.4, -0.2) is 13.1 Å². The van der Waals surface area contributed by atoms with Crippen LogP contribution in [0.1, 0.15) is 15.9 Å². The normalized spacial score (nSPS) is 9.77. The second kappa shape index (κ2) is 4.81. The van der Waals surface area contributed by atoms with Gasteiger partial charge in [0.25, 0.3) is 0 Å². The topological polar surface area (TPSA) is 26.3 Å². The van der Waals surface area contributed by atoms with Crippen molar-refractivity contribution in [2.45, 2.75) is 5.88 Å². The van der Waals surface area contributed by atoms with Crippen molar-refractivity contribution in [3.8, 4) is 0 Å². The minimum absolute atomic E-state index is 0.314. The molecule has 1 rings (SSSR count). The molecule has 0 aromatic heterocycles. The number of ether oxygens (including phenoxy) is 1. The molecule has 70 valence electrons. The standard InChI is InChI=1S/C9H8ClIO2/c1-13-9(12)7-3-2-6(5-10)4-8(7)11/h2-4H,5H2,1H3. The molecule has 4 heteroatoms. The predicted octanol–water partition coefficient (Wildman–Crippen LogP) is 2.82. The smallest absolute Gasteiger partial charge is 0.338 e. The highest BCUT2D eigenvalue weighted by molar-refractivity contribution is 14.1. The van der Waals surface area contributed by atoms with Gasteiger partial charge in [-0.05, 0) is 40.3 Å². The lowest BCUT2D eigenvalue weighted by atomic mass is 10.1. The van der Waals surface area contributed by atoms with E-state index in [0.29, 0.717) is 11.4 Å². The summed E-state index contributed by atoms with van der Waals surface area (Å²) in [4.78, 5) is 11.2. The van der Waals surface area contributed by atoms with E-state index in [-0.39, 0.29) is 5.97 Å². The molecule has 0 saturated carbocycles. The van der Waals surface area contributed by atoms with Gasteiger partial charge < -0.3 is 4.74 Å². The summed E-state index contributed by atoms with van der Waals surface area (Å²) < 4.78 is 5.48. The number of methoxy groups -OCH3 is 1. The minimum Gasteiger partial charge on any atom is -0.465 e. The highest BCUT2D eigenvalue weighted by Gasteiger charge is 2.09. The van der Waals surface area contributed by atoms with Crippen molar-refractivity contribution in [2.24, 2.45) is 0 Å². The lowest BCUT2D eigenvalue weighted by Gasteiger charge is -2.03. The number of esters is 1. The molecule has 0 aliphatic carbocycles. The van der Waals surface area contributed by atoms with Gasteiger partial charge in [0.1, 0.15) is 0 Å². The monoisotopic (exact) mass is 310 g/mol. The third-order valence-electron chi connectivity index (χ3n) is 1.59. The first-order valence-electron chi connectivity index (χ1n) is 3.61. The van der Waals surface area contributed by atoms with Crippen molar-refractivity contribution in [3.05, 3.63) is 32.9 Å². The van der Waals surface area contributed by atoms with Gasteiger partial charge in [0, 0.05) is 9.45 Å². The first kappa shape index (κ1) is 10.8. The SMILES string of the molecule is COC(=O)c1ccc(CCl)cc1I. The van der Waals surface area contributed by atoms with E-state index in [1.165, 1.54) is 7.11 Å². The fraction of sp³-hybridized carbons (Fsp3) is 0.222. The molecule has 0 atom stereocenters. The molecule has 2 nitrogen and oxygen atoms in total. The van der Waals surface area contributed by atoms with Gasteiger partial charge in [-0.3, -0.25) is 0 Å². The van der Waals surface area contributed by atoms with Crippen LogP contribution in [0.4, 0.5) is 0 Å². The lowest BCUT2D eigenvalue weighted by Crippen LogP contribution is -2.03. The number of benzene rings is 1. The van der Waals surface area contributed by atoms with E-state index in [4.69, 9.17) is 11.6 Å². The number of halogens is 2. The number of alkyl halides is 1. The van der Waals surface area contributed by atoms with Gasteiger partial charge in [-0.15, -0.1) is 11.6 Å². The molecule has 0 bridgehead atoms. The van der Waals surface area contributed by atoms with Crippen LogP contribution >= 0.6 is 34.2 Å². The number of rotatable bonds is 2. The Morgan fingerprint density at radius 1 is 1.62 bits per heavy atom. The van der Waals surface area contributed by atoms with E-state index in [0.717, 1.165) is 9.13 Å². The molecule has 0 heterocycles. The van der Waals surface area contributed by atoms with Crippen LogP contribution in [0.3, 0.4) is 0 Å². The van der Waals surface area contributed by atoms with E-state index < -0.39 is 0 Å². The summed E-state index contributed by atoms with van der Waals surface area (Å²) in [6.07, 6.45) is 0. The molecule has 0 spiro atoms. The van der Waals surface area contributed by atoms with Gasteiger partial charge in [-0.1, -0.05) is 6.07 Å². The third kappa shape index (κ3) is 2.57. The molecule has 0 amide bonds. The summed E-state index contributed by atoms with van der Waals surface area (Å²) >= 11 is 7.73. The third-order valence-corrected chi connectivity index (χ3v) is 2.79. The first-order chi connectivity index (χ1) is 6.19. The van der Waals surface area contributed by atoms with Crippen molar-refractivity contribution in [2.75, 3.05) is 7.11 Å². The quantitative estimate of drug-likeness (QED) is 0.477. The number of hydrogen-bond acceptors (Lipinski definition) is 2. The number of hydrogen-bond donors (Lipinski definition) is 0. The average molecular weight is 311 g/mol. The fourth-order valence-electron chi connectivity index (χ4n) is 0.917. The minimum atomic E-state index is -0.314. The Hall–Kier alpha value is -0.290. The molecule has 0 unspecified atom stereocenters. The summed E-state index contributed by atoms with van der Waals surface area (Å²) in [6, 6.07) is 5.42. The van der Waals surface area contributed by atoms with Crippen LogP contribution < -0.4 is 0 Å². The molecule has 0 fully saturated rings. The van der Waals surface area contributed by atoms with E-state index in [9.17, 15) is 4.79 Å². The molecule has 1 aromatic rings. The van der Waals surface area contributed by atoms with Gasteiger partial charge in [0.15, 0.2) is 0 Å². The van der Waals surface area contributed by atoms with Crippen molar-refractivity contribution in [1.29, 1.82) is 0 Å². The van der Waals surface area contributed by atoms with Crippen molar-refractivity contribution < 1.29 is 9.53 Å². The Morgan fingerprint density at radius 2 is 2.31 bits per heavy atom. The largest absolute Gasteiger partial charge is 0.465 e. The molecule has 13 heavy (non-hydrogen) atoms. The van der Waals surface area contributed by atoms with Gasteiger partial charge in [0.2, 0.25) is 0 Å². The van der Waals surface area contributed by atoms with Crippen LogP contribution in [0.15, 0.2) is 18.2 Å². The van der Waals surface area contributed by atoms with Gasteiger partial charge in [-0.25, -0.2) is 4.79 Å². The maximum atomic E-state index is 11.2. The highest BCUT2D eigenvalue weighted by atomic mass is 127. The van der Waals surface area contributed by atoms with Crippen LogP contribution in [0.25, 0.3) is 0 Å². The van der Waals surface area contributed by atoms with Crippen LogP contribution in [0.2, 0.25) is 0 Å². The lowest BCUT2D eigenvalue weighted by molar-refractivity contribution is 0.0599. The van der Waals surface area contributed by atoms with E-state index in [2.05, 4.69) is 27.3 Å². The molecule has 1 aromatic carbocycles. The summed E-state index contributed by atoms with van der Waals surface area (Å²) in [6.45, 7) is 0. The van der Waals surface area contributed by atoms with Gasteiger partial charge in [-0.2, -0.15) is 0 Å². The molecular formula is C9H8ClIO2. The van der Waals surface area contributed by atoms with Crippen LogP contribution in [0.5, 0.6) is 0 Å². The van der Waals surface area contributed by atoms with Gasteiger partial charge in [0.05, 0.1) is 12.7 Å². The van der Waals surface area contributed by atoms with E-state index in [1.54, 1.807) is 6.07 Å². The number of carbonyl (C=O) groups excluding carboxylic acids is 1. The predicted molar refractivity (Wildman–Crippen MR) is 60.1 cm³/mol. The molecule has 0 N–H and O–H groups in total. The zero-order valence-electron chi connectivity index (χ0n) is 7.01. The van der Waals surface area contributed by atoms with Crippen LogP contribution in [-0.2, 0) is 10.6 Å². The molecular weight excluding hydrogens is 302 g/mol. The zero-order chi connectivity index (χ0) is 9.84. The Bertz CT molecular complexity index is 325. The van der Waals surface area contributed by atoms with Crippen LogP contribution in [0, 0.1) is 3.57 Å². The second-order valence-electron chi connectivity index (χ2n) is 2.44. The van der Waals surface area contributed by atoms with Gasteiger partial charge >= 0.3 is 5.97 Å². The van der Waals surface area contributed by atoms with Crippen molar-refractivity contribution in [1.82, 2.24) is 0 Å². The fourth-order valence-corrected chi connectivity index (χ4v) is 1.88. The highest BCUT2D eigenvalue weighted by Crippen LogP contribution is 2.16. The maximum Gasteiger partial charge on any atom is 0.338 e. The first-order valence-corrected chi connectivity index (χ1v) is 5.23. The molecule has 0 radical (unpaired) electrons. The Kier molecular flexibility index (Phi) is 3.99. The van der Waals surface area contributed by atoms with E-state index >= 15 is 0 Å². The molecule has 0 aliphatic heterocycles. The maximum absolute atomic E-state index is 11.2. The summed E-state index contributed by atoms with van der Waals surface area (Å²) in [5.74, 6) is 0.141. The zero-order valence-corrected chi connectivity index (χ0v) is 9.93. The second-order valence-corrected chi connectivity index (χ2v) is 3.87. The number of carbonyl (C=O) groups is 1. The summed E-state index contributed by atoms with van der Waals surface area (Å²) in [5.41, 5.74) is 1.58. The Labute approximate surface area is 95.4 Å². The summed E-state index contributed by atoms with van der Waals surface area (Å²) in [5, 5.41) is 0. The molecule has 0 saturated heterocycles. The van der Waals surface area contributed by atoms with Crippen molar-refractivity contribution >= 4 is 40.2 Å². The van der Waals surface area contributed by atoms with E-state index in [1.807, 2.05) is 12.1 Å². The Morgan fingerprint density at radius 3 is 2.77 bits per heavy atom. The molecule has 0 aliphatic rings. The summed E-state index contributed by atoms with van der Waals surface area (Å²) in [7, 11) is 1.37. The average Bonchev–Trinajstić information content (AvgIpc) is 2.16.